The molecular formula is C18H21BrN4. The van der Waals surface area contributed by atoms with Crippen LogP contribution in [0.4, 0.5) is 5.82 Å². The summed E-state index contributed by atoms with van der Waals surface area (Å²) in [6.07, 6.45) is 3.00. The van der Waals surface area contributed by atoms with Gasteiger partial charge in [0.15, 0.2) is 0 Å². The smallest absolute Gasteiger partial charge is 0.135 e. The second-order valence-corrected chi connectivity index (χ2v) is 7.47. The van der Waals surface area contributed by atoms with Gasteiger partial charge in [-0.3, -0.25) is 4.90 Å². The fourth-order valence-electron chi connectivity index (χ4n) is 3.79. The summed E-state index contributed by atoms with van der Waals surface area (Å²) in [7, 11) is 0. The maximum absolute atomic E-state index is 4.53. The Bertz CT molecular complexity index is 721. The topological polar surface area (TPSA) is 32.3 Å². The number of hydrogen-bond acceptors (Lipinski definition) is 4. The summed E-state index contributed by atoms with van der Waals surface area (Å²) in [5.74, 6) is 1.12. The molecule has 2 aromatic rings. The highest BCUT2D eigenvalue weighted by molar-refractivity contribution is 9.10. The lowest BCUT2D eigenvalue weighted by Gasteiger charge is -2.57. The number of hydrogen-bond donors (Lipinski definition) is 0. The molecule has 4 nitrogen and oxygen atoms in total. The van der Waals surface area contributed by atoms with Gasteiger partial charge in [0.2, 0.25) is 0 Å². The number of halogens is 1. The van der Waals surface area contributed by atoms with Gasteiger partial charge in [0, 0.05) is 47.4 Å². The fraction of sp³-hybridized carbons (Fsp3) is 0.444. The summed E-state index contributed by atoms with van der Waals surface area (Å²) in [6, 6.07) is 9.81. The summed E-state index contributed by atoms with van der Waals surface area (Å²) >= 11 is 3.67. The lowest BCUT2D eigenvalue weighted by Crippen LogP contribution is -2.68. The summed E-state index contributed by atoms with van der Waals surface area (Å²) in [6.45, 7) is 7.36. The Balaban J connectivity index is 1.48. The van der Waals surface area contributed by atoms with Gasteiger partial charge in [-0.15, -0.1) is 0 Å². The molecule has 2 atom stereocenters. The van der Waals surface area contributed by atoms with Crippen LogP contribution in [0.15, 0.2) is 35.1 Å². The van der Waals surface area contributed by atoms with Crippen molar-refractivity contribution in [3.8, 4) is 0 Å². The monoisotopic (exact) mass is 372 g/mol. The third-order valence-electron chi connectivity index (χ3n) is 5.26. The maximum Gasteiger partial charge on any atom is 0.135 e. The van der Waals surface area contributed by atoms with Crippen molar-refractivity contribution < 1.29 is 0 Å². The zero-order chi connectivity index (χ0) is 16.0. The van der Waals surface area contributed by atoms with Crippen LogP contribution in [0.25, 0.3) is 0 Å². The average Bonchev–Trinajstić information content (AvgIpc) is 2.56. The van der Waals surface area contributed by atoms with E-state index in [0.717, 1.165) is 31.1 Å². The molecule has 0 saturated carbocycles. The quantitative estimate of drug-likeness (QED) is 0.826. The number of aryl methyl sites for hydroxylation is 1. The van der Waals surface area contributed by atoms with Crippen LogP contribution in [0.5, 0.6) is 0 Å². The van der Waals surface area contributed by atoms with Crippen molar-refractivity contribution in [1.82, 2.24) is 14.9 Å². The van der Waals surface area contributed by atoms with Gasteiger partial charge >= 0.3 is 0 Å². The van der Waals surface area contributed by atoms with Gasteiger partial charge in [0.05, 0.1) is 0 Å². The first-order chi connectivity index (χ1) is 11.1. The minimum absolute atomic E-state index is 0.635. The highest BCUT2D eigenvalue weighted by Gasteiger charge is 2.45. The molecule has 0 aliphatic carbocycles. The third kappa shape index (κ3) is 2.66. The summed E-state index contributed by atoms with van der Waals surface area (Å²) in [5.41, 5.74) is 3.68. The Kier molecular flexibility index (Phi) is 3.85. The van der Waals surface area contributed by atoms with Gasteiger partial charge < -0.3 is 4.90 Å². The standard InChI is InChI=1S/C18H21BrN4/c1-12-13(2)20-11-21-18(12)22-9-15-7-16(10-22)23(15)8-14-5-3-4-6-17(14)19/h3-6,11,15-16H,7-10H2,1-2H3. The van der Waals surface area contributed by atoms with Crippen LogP contribution < -0.4 is 4.90 Å². The molecule has 2 bridgehead atoms. The Labute approximate surface area is 145 Å². The van der Waals surface area contributed by atoms with Gasteiger partial charge in [0.25, 0.3) is 0 Å². The first-order valence-corrected chi connectivity index (χ1v) is 8.95. The Morgan fingerprint density at radius 1 is 1.13 bits per heavy atom. The number of piperazine rings is 1. The van der Waals surface area contributed by atoms with E-state index in [0.29, 0.717) is 12.1 Å². The average molecular weight is 373 g/mol. The van der Waals surface area contributed by atoms with Gasteiger partial charge in [0.1, 0.15) is 12.1 Å². The second kappa shape index (κ2) is 5.87. The van der Waals surface area contributed by atoms with Gasteiger partial charge in [-0.05, 0) is 31.9 Å². The highest BCUT2D eigenvalue weighted by Crippen LogP contribution is 2.37. The molecule has 3 aliphatic rings. The fourth-order valence-corrected chi connectivity index (χ4v) is 4.20. The van der Waals surface area contributed by atoms with Crippen LogP contribution in [-0.4, -0.2) is 40.0 Å². The Morgan fingerprint density at radius 3 is 2.61 bits per heavy atom. The van der Waals surface area contributed by atoms with Crippen molar-refractivity contribution in [2.75, 3.05) is 18.0 Å². The SMILES string of the molecule is Cc1ncnc(N2CC3CC(C2)N3Cc2ccccc2Br)c1C. The summed E-state index contributed by atoms with van der Waals surface area (Å²) < 4.78 is 1.21. The van der Waals surface area contributed by atoms with Crippen molar-refractivity contribution in [1.29, 1.82) is 0 Å². The van der Waals surface area contributed by atoms with Crippen LogP contribution in [0.2, 0.25) is 0 Å². The van der Waals surface area contributed by atoms with Crippen LogP contribution >= 0.6 is 15.9 Å². The molecule has 3 fully saturated rings. The number of benzene rings is 1. The van der Waals surface area contributed by atoms with E-state index in [1.165, 1.54) is 22.0 Å². The minimum Gasteiger partial charge on any atom is -0.353 e. The molecule has 5 heteroatoms. The van der Waals surface area contributed by atoms with E-state index in [1.807, 2.05) is 0 Å². The van der Waals surface area contributed by atoms with E-state index in [2.05, 4.69) is 73.8 Å². The number of aromatic nitrogens is 2. The van der Waals surface area contributed by atoms with Gasteiger partial charge in [-0.2, -0.15) is 0 Å². The molecule has 23 heavy (non-hydrogen) atoms. The molecule has 1 aromatic heterocycles. The molecule has 0 N–H and O–H groups in total. The van der Waals surface area contributed by atoms with Crippen LogP contribution in [0.3, 0.4) is 0 Å². The van der Waals surface area contributed by atoms with E-state index in [-0.39, 0.29) is 0 Å². The molecule has 0 spiro atoms. The normalized spacial score (nSPS) is 23.7. The predicted molar refractivity (Wildman–Crippen MR) is 95.6 cm³/mol. The van der Waals surface area contributed by atoms with Crippen molar-refractivity contribution >= 4 is 21.7 Å². The Hall–Kier alpha value is -1.46. The van der Waals surface area contributed by atoms with Crippen LogP contribution in [-0.2, 0) is 6.54 Å². The number of rotatable bonds is 3. The van der Waals surface area contributed by atoms with Crippen molar-refractivity contribution in [3.63, 3.8) is 0 Å². The lowest BCUT2D eigenvalue weighted by atomic mass is 9.86. The molecule has 5 rings (SSSR count). The van der Waals surface area contributed by atoms with Gasteiger partial charge in [-0.1, -0.05) is 34.1 Å². The first-order valence-electron chi connectivity index (χ1n) is 8.16. The molecule has 4 heterocycles. The van der Waals surface area contributed by atoms with Crippen molar-refractivity contribution in [2.45, 2.75) is 38.9 Å². The first kappa shape index (κ1) is 15.1. The number of nitrogens with zero attached hydrogens (tertiary/aromatic N) is 4. The van der Waals surface area contributed by atoms with Crippen molar-refractivity contribution in [2.24, 2.45) is 0 Å². The summed E-state index contributed by atoms with van der Waals surface area (Å²) in [4.78, 5) is 13.9. The molecule has 1 aromatic carbocycles. The van der Waals surface area contributed by atoms with E-state index in [9.17, 15) is 0 Å². The van der Waals surface area contributed by atoms with Crippen molar-refractivity contribution in [3.05, 3.63) is 51.9 Å². The molecule has 120 valence electrons. The maximum atomic E-state index is 4.53. The minimum atomic E-state index is 0.635. The predicted octanol–water partition coefficient (Wildman–Crippen LogP) is 3.32. The largest absolute Gasteiger partial charge is 0.353 e. The second-order valence-electron chi connectivity index (χ2n) is 6.62. The molecule has 3 saturated heterocycles. The van der Waals surface area contributed by atoms with E-state index < -0.39 is 0 Å². The van der Waals surface area contributed by atoms with E-state index in [4.69, 9.17) is 0 Å². The summed E-state index contributed by atoms with van der Waals surface area (Å²) in [5, 5.41) is 0. The lowest BCUT2D eigenvalue weighted by molar-refractivity contribution is -0.00889. The zero-order valence-corrected chi connectivity index (χ0v) is 15.1. The Morgan fingerprint density at radius 2 is 1.87 bits per heavy atom. The van der Waals surface area contributed by atoms with E-state index >= 15 is 0 Å². The third-order valence-corrected chi connectivity index (χ3v) is 6.04. The molecule has 2 unspecified atom stereocenters. The number of fused-ring (bicyclic) bond motifs is 2. The van der Waals surface area contributed by atoms with Crippen LogP contribution in [0, 0.1) is 13.8 Å². The molecule has 3 aliphatic heterocycles. The molecule has 0 amide bonds. The molecular weight excluding hydrogens is 352 g/mol. The highest BCUT2D eigenvalue weighted by atomic mass is 79.9. The van der Waals surface area contributed by atoms with Gasteiger partial charge in [-0.25, -0.2) is 9.97 Å². The zero-order valence-electron chi connectivity index (χ0n) is 13.5. The molecule has 0 radical (unpaired) electrons. The number of piperidine rings is 1. The van der Waals surface area contributed by atoms with E-state index in [1.54, 1.807) is 6.33 Å². The number of anilines is 1. The van der Waals surface area contributed by atoms with Crippen LogP contribution in [0.1, 0.15) is 23.2 Å².